The Kier molecular flexibility index (Phi) is 10.1. The number of hydrogen-bond donors (Lipinski definition) is 3. The maximum Gasteiger partial charge on any atom is 0.428 e. The number of nitrogens with one attached hydrogen (secondary N) is 2. The second-order valence-corrected chi connectivity index (χ2v) is 14.7. The van der Waals surface area contributed by atoms with Gasteiger partial charge in [0.1, 0.15) is 29.5 Å². The molecule has 2 aromatic rings. The number of rotatable bonds is 11. The van der Waals surface area contributed by atoms with Gasteiger partial charge in [-0.15, -0.1) is 0 Å². The predicted octanol–water partition coefficient (Wildman–Crippen LogP) is 5.63. The van der Waals surface area contributed by atoms with Crippen molar-refractivity contribution in [1.29, 1.82) is 0 Å². The number of aromatic nitrogens is 1. The smallest absolute Gasteiger partial charge is 0.428 e. The molecule has 3 fully saturated rings. The van der Waals surface area contributed by atoms with Crippen LogP contribution in [0.25, 0.3) is 10.9 Å². The first-order chi connectivity index (χ1) is 23.4. The number of ether oxygens (including phenoxy) is 3. The Bertz CT molecular complexity index is 1660. The lowest BCUT2D eigenvalue weighted by Gasteiger charge is -2.42. The van der Waals surface area contributed by atoms with Crippen molar-refractivity contribution in [2.75, 3.05) is 13.2 Å². The van der Waals surface area contributed by atoms with Crippen LogP contribution in [0.5, 0.6) is 11.6 Å². The molecule has 5 rings (SSSR count). The number of hydrogen-bond acceptors (Lipinski definition) is 8. The highest BCUT2D eigenvalue weighted by molar-refractivity contribution is 6.35. The highest BCUT2D eigenvalue weighted by Gasteiger charge is 2.63. The van der Waals surface area contributed by atoms with E-state index in [1.54, 1.807) is 52.0 Å². The van der Waals surface area contributed by atoms with E-state index in [1.165, 1.54) is 4.90 Å². The van der Waals surface area contributed by atoms with Gasteiger partial charge < -0.3 is 34.9 Å². The fraction of sp³-hybridized carbons (Fsp3) is 0.618. The van der Waals surface area contributed by atoms with E-state index in [1.807, 2.05) is 6.92 Å². The van der Waals surface area contributed by atoms with Crippen molar-refractivity contribution in [3.05, 3.63) is 29.3 Å². The van der Waals surface area contributed by atoms with Crippen LogP contribution in [0.2, 0.25) is 5.02 Å². The molecule has 274 valence electrons. The molecule has 0 spiro atoms. The molecule has 5 unspecified atom stereocenters. The third kappa shape index (κ3) is 7.10. The van der Waals surface area contributed by atoms with Gasteiger partial charge in [0, 0.05) is 17.9 Å². The minimum atomic E-state index is -4.80. The van der Waals surface area contributed by atoms with E-state index in [2.05, 4.69) is 15.6 Å². The number of benzene rings is 1. The van der Waals surface area contributed by atoms with Gasteiger partial charge >= 0.3 is 18.2 Å². The van der Waals surface area contributed by atoms with Crippen molar-refractivity contribution < 1.29 is 51.7 Å². The first-order valence-electron chi connectivity index (χ1n) is 16.7. The number of para-hydroxylation sites is 1. The summed E-state index contributed by atoms with van der Waals surface area (Å²) in [4.78, 5) is 59.1. The van der Waals surface area contributed by atoms with Crippen LogP contribution >= 0.6 is 11.6 Å². The van der Waals surface area contributed by atoms with Crippen LogP contribution in [0, 0.1) is 11.3 Å². The van der Waals surface area contributed by atoms with Crippen molar-refractivity contribution >= 4 is 46.4 Å². The third-order valence-electron chi connectivity index (χ3n) is 9.83. The molecule has 1 saturated heterocycles. The second-order valence-electron chi connectivity index (χ2n) is 14.3. The van der Waals surface area contributed by atoms with Crippen molar-refractivity contribution in [2.45, 2.75) is 109 Å². The Morgan fingerprint density at radius 2 is 1.86 bits per heavy atom. The molecule has 1 aromatic carbocycles. The monoisotopic (exact) mass is 726 g/mol. The second kappa shape index (κ2) is 13.6. The van der Waals surface area contributed by atoms with E-state index in [4.69, 9.17) is 25.8 Å². The summed E-state index contributed by atoms with van der Waals surface area (Å²) < 4.78 is 58.3. The van der Waals surface area contributed by atoms with Gasteiger partial charge in [-0.3, -0.25) is 9.59 Å². The summed E-state index contributed by atoms with van der Waals surface area (Å²) in [6.45, 7) is 8.52. The number of amides is 3. The SMILES string of the molecule is CCOc1cc(OC2CC(C(=O)NC3(C(=O)O)CC3CC)N(C(=O)C(NC(=O)OC3(C(F)(F)F)CCC3)C(C)(C)C)C2)c2cccc(Cl)c2n1. The van der Waals surface area contributed by atoms with Crippen molar-refractivity contribution in [2.24, 2.45) is 11.3 Å². The molecule has 16 heteroatoms. The summed E-state index contributed by atoms with van der Waals surface area (Å²) >= 11 is 6.43. The minimum absolute atomic E-state index is 0.0725. The van der Waals surface area contributed by atoms with Gasteiger partial charge in [-0.2, -0.15) is 13.2 Å². The fourth-order valence-corrected chi connectivity index (χ4v) is 6.93. The van der Waals surface area contributed by atoms with Gasteiger partial charge in [0.2, 0.25) is 23.3 Å². The van der Waals surface area contributed by atoms with Crippen molar-refractivity contribution in [3.63, 3.8) is 0 Å². The summed E-state index contributed by atoms with van der Waals surface area (Å²) in [6, 6.07) is 3.97. The Balaban J connectivity index is 1.45. The number of pyridine rings is 1. The summed E-state index contributed by atoms with van der Waals surface area (Å²) in [5.74, 6) is -2.48. The normalized spacial score (nSPS) is 24.9. The van der Waals surface area contributed by atoms with Crippen LogP contribution in [0.15, 0.2) is 24.3 Å². The number of aliphatic carboxylic acids is 1. The number of fused-ring (bicyclic) bond motifs is 1. The molecule has 1 aliphatic heterocycles. The lowest BCUT2D eigenvalue weighted by molar-refractivity contribution is -0.284. The highest BCUT2D eigenvalue weighted by atomic mass is 35.5. The maximum absolute atomic E-state index is 14.4. The van der Waals surface area contributed by atoms with Crippen LogP contribution in [0.4, 0.5) is 18.0 Å². The summed E-state index contributed by atoms with van der Waals surface area (Å²) in [5.41, 5.74) is -4.79. The summed E-state index contributed by atoms with van der Waals surface area (Å²) in [6.07, 6.45) is -6.96. The first-order valence-corrected chi connectivity index (χ1v) is 17.0. The summed E-state index contributed by atoms with van der Waals surface area (Å²) in [5, 5.41) is 15.9. The quantitative estimate of drug-likeness (QED) is 0.267. The third-order valence-corrected chi connectivity index (χ3v) is 10.1. The van der Waals surface area contributed by atoms with Crippen LogP contribution < -0.4 is 20.1 Å². The zero-order valence-electron chi connectivity index (χ0n) is 28.5. The van der Waals surface area contributed by atoms with Crippen LogP contribution in [-0.2, 0) is 19.1 Å². The van der Waals surface area contributed by atoms with Crippen LogP contribution in [0.1, 0.15) is 73.1 Å². The molecule has 5 atom stereocenters. The van der Waals surface area contributed by atoms with Gasteiger partial charge in [0.05, 0.1) is 23.7 Å². The molecule has 3 aliphatic rings. The Morgan fingerprint density at radius 3 is 2.40 bits per heavy atom. The average molecular weight is 727 g/mol. The van der Waals surface area contributed by atoms with E-state index in [0.29, 0.717) is 34.7 Å². The largest absolute Gasteiger partial charge is 0.488 e. The number of carbonyl (C=O) groups excluding carboxylic acids is 3. The Labute approximate surface area is 292 Å². The van der Waals surface area contributed by atoms with Crippen LogP contribution in [-0.4, -0.2) is 87.5 Å². The van der Waals surface area contributed by atoms with E-state index in [9.17, 15) is 37.5 Å². The zero-order valence-corrected chi connectivity index (χ0v) is 29.2. The topological polar surface area (TPSA) is 156 Å². The number of carboxylic acid groups (broad SMARTS) is 1. The Hall–Kier alpha value is -4.01. The van der Waals surface area contributed by atoms with Gasteiger partial charge in [0.15, 0.2) is 0 Å². The molecular formula is C34H42ClF3N4O8. The predicted molar refractivity (Wildman–Crippen MR) is 175 cm³/mol. The molecule has 2 aliphatic carbocycles. The number of alkyl carbamates (subject to hydrolysis) is 1. The molecule has 50 heavy (non-hydrogen) atoms. The molecule has 1 aromatic heterocycles. The maximum atomic E-state index is 14.4. The fourth-order valence-electron chi connectivity index (χ4n) is 6.71. The number of halogens is 4. The number of carbonyl (C=O) groups is 4. The number of likely N-dealkylation sites (tertiary alicyclic amines) is 1. The van der Waals surface area contributed by atoms with E-state index < -0.39 is 77.6 Å². The summed E-state index contributed by atoms with van der Waals surface area (Å²) in [7, 11) is 0. The zero-order chi connectivity index (χ0) is 36.8. The lowest BCUT2D eigenvalue weighted by atomic mass is 9.79. The van der Waals surface area contributed by atoms with E-state index in [0.717, 1.165) is 0 Å². The lowest BCUT2D eigenvalue weighted by Crippen LogP contribution is -2.61. The van der Waals surface area contributed by atoms with Gasteiger partial charge in [-0.1, -0.05) is 51.8 Å². The molecule has 12 nitrogen and oxygen atoms in total. The molecule has 0 radical (unpaired) electrons. The molecule has 2 heterocycles. The minimum Gasteiger partial charge on any atom is -0.488 e. The van der Waals surface area contributed by atoms with Gasteiger partial charge in [-0.05, 0) is 56.1 Å². The van der Waals surface area contributed by atoms with Gasteiger partial charge in [-0.25, -0.2) is 14.6 Å². The number of nitrogens with zero attached hydrogens (tertiary/aromatic N) is 2. The molecule has 0 bridgehead atoms. The van der Waals surface area contributed by atoms with Crippen molar-refractivity contribution in [3.8, 4) is 11.6 Å². The van der Waals surface area contributed by atoms with Crippen LogP contribution in [0.3, 0.4) is 0 Å². The molecule has 2 saturated carbocycles. The standard InChI is InChI=1S/C34H42ClF3N4O8/c1-6-18-16-33(18,29(45)46)41-27(43)22-14-19(49-23-15-24(48-7-2)39-25-20(23)10-8-11-21(25)35)17-42(22)28(44)26(31(3,4)5)40-30(47)50-32(12-9-13-32)34(36,37)38/h8,10-11,15,18-19,22,26H,6-7,9,12-14,16-17H2,1-5H3,(H,40,47)(H,41,43)(H,45,46). The molecule has 3 amide bonds. The average Bonchev–Trinajstić information content (AvgIpc) is 3.56. The van der Waals surface area contributed by atoms with E-state index >= 15 is 0 Å². The molecular weight excluding hydrogens is 685 g/mol. The van der Waals surface area contributed by atoms with E-state index in [-0.39, 0.29) is 37.6 Å². The van der Waals surface area contributed by atoms with Gasteiger partial charge in [0.25, 0.3) is 0 Å². The first kappa shape index (κ1) is 37.3. The number of alkyl halides is 3. The number of carboxylic acids is 1. The van der Waals surface area contributed by atoms with Crippen molar-refractivity contribution in [1.82, 2.24) is 20.5 Å². The molecule has 3 N–H and O–H groups in total. The Morgan fingerprint density at radius 1 is 1.16 bits per heavy atom. The highest BCUT2D eigenvalue weighted by Crippen LogP contribution is 2.48.